The minimum absolute atomic E-state index is 0.307. The molecular weight excluding hydrogens is 315 g/mol. The van der Waals surface area contributed by atoms with Crippen LogP contribution in [0.15, 0.2) is 36.7 Å². The maximum Gasteiger partial charge on any atom is 0.128 e. The molecule has 0 aliphatic rings. The molecular formula is C12H11IN2O. The smallest absolute Gasteiger partial charge is 0.128 e. The molecule has 2 aromatic rings. The van der Waals surface area contributed by atoms with Crippen LogP contribution in [-0.4, -0.2) is 15.1 Å². The molecule has 1 aromatic carbocycles. The van der Waals surface area contributed by atoms with Crippen LogP contribution in [0.3, 0.4) is 0 Å². The van der Waals surface area contributed by atoms with E-state index in [0.717, 1.165) is 27.8 Å². The third-order valence-corrected chi connectivity index (χ3v) is 2.78. The molecule has 0 aliphatic heterocycles. The minimum Gasteiger partial charge on any atom is -0.508 e. The second-order valence-corrected chi connectivity index (χ2v) is 4.73. The summed E-state index contributed by atoms with van der Waals surface area (Å²) in [6.07, 6.45) is 5.26. The summed E-state index contributed by atoms with van der Waals surface area (Å²) in [4.78, 5) is 8.47. The van der Waals surface area contributed by atoms with E-state index in [1.165, 1.54) is 0 Å². The van der Waals surface area contributed by atoms with Crippen LogP contribution in [0.1, 0.15) is 11.4 Å². The van der Waals surface area contributed by atoms with Crippen molar-refractivity contribution in [3.8, 4) is 5.75 Å². The molecule has 0 fully saturated rings. The molecule has 0 amide bonds. The molecule has 0 spiro atoms. The molecule has 1 aromatic heterocycles. The van der Waals surface area contributed by atoms with Crippen LogP contribution in [0.5, 0.6) is 5.75 Å². The van der Waals surface area contributed by atoms with Crippen molar-refractivity contribution >= 4 is 22.6 Å². The van der Waals surface area contributed by atoms with Crippen LogP contribution in [0.4, 0.5) is 0 Å². The van der Waals surface area contributed by atoms with E-state index in [1.54, 1.807) is 12.1 Å². The number of hydrogen-bond acceptors (Lipinski definition) is 3. The van der Waals surface area contributed by atoms with Gasteiger partial charge in [-0.15, -0.1) is 0 Å². The first-order valence-corrected chi connectivity index (χ1v) is 6.06. The summed E-state index contributed by atoms with van der Waals surface area (Å²) >= 11 is 2.18. The van der Waals surface area contributed by atoms with Crippen molar-refractivity contribution in [1.29, 1.82) is 0 Å². The van der Waals surface area contributed by atoms with E-state index in [9.17, 15) is 5.11 Å². The molecule has 3 nitrogen and oxygen atoms in total. The third kappa shape index (κ3) is 3.16. The molecule has 4 heteroatoms. The SMILES string of the molecule is Oc1cccc(CCc2ncc(I)cn2)c1. The van der Waals surface area contributed by atoms with Crippen molar-refractivity contribution in [3.05, 3.63) is 51.6 Å². The maximum atomic E-state index is 9.31. The number of phenols is 1. The van der Waals surface area contributed by atoms with E-state index in [1.807, 2.05) is 24.5 Å². The summed E-state index contributed by atoms with van der Waals surface area (Å²) in [5.74, 6) is 1.14. The Bertz CT molecular complexity index is 471. The van der Waals surface area contributed by atoms with E-state index in [-0.39, 0.29) is 0 Å². The van der Waals surface area contributed by atoms with Gasteiger partial charge in [-0.05, 0) is 46.7 Å². The molecule has 0 atom stereocenters. The fraction of sp³-hybridized carbons (Fsp3) is 0.167. The first kappa shape index (κ1) is 11.3. The summed E-state index contributed by atoms with van der Waals surface area (Å²) in [7, 11) is 0. The largest absolute Gasteiger partial charge is 0.508 e. The lowest BCUT2D eigenvalue weighted by Crippen LogP contribution is -1.97. The van der Waals surface area contributed by atoms with Gasteiger partial charge in [-0.3, -0.25) is 0 Å². The van der Waals surface area contributed by atoms with Gasteiger partial charge in [-0.25, -0.2) is 9.97 Å². The molecule has 82 valence electrons. The maximum absolute atomic E-state index is 9.31. The van der Waals surface area contributed by atoms with Crippen LogP contribution in [0.25, 0.3) is 0 Å². The molecule has 16 heavy (non-hydrogen) atoms. The predicted octanol–water partition coefficient (Wildman–Crippen LogP) is 2.57. The summed E-state index contributed by atoms with van der Waals surface area (Å²) in [6.45, 7) is 0. The van der Waals surface area contributed by atoms with E-state index in [2.05, 4.69) is 32.6 Å². The standard InChI is InChI=1S/C12H11IN2O/c13-10-7-14-12(15-8-10)5-4-9-2-1-3-11(16)6-9/h1-3,6-8,16H,4-5H2. The van der Waals surface area contributed by atoms with Crippen LogP contribution >= 0.6 is 22.6 Å². The lowest BCUT2D eigenvalue weighted by Gasteiger charge is -2.01. The Morgan fingerprint density at radius 1 is 1.12 bits per heavy atom. The van der Waals surface area contributed by atoms with Gasteiger partial charge in [0.25, 0.3) is 0 Å². The summed E-state index contributed by atoms with van der Waals surface area (Å²) in [5, 5.41) is 9.31. The Kier molecular flexibility index (Phi) is 3.71. The third-order valence-electron chi connectivity index (χ3n) is 2.22. The average molecular weight is 326 g/mol. The van der Waals surface area contributed by atoms with E-state index >= 15 is 0 Å². The quantitative estimate of drug-likeness (QED) is 0.882. The summed E-state index contributed by atoms with van der Waals surface area (Å²) in [6, 6.07) is 7.28. The van der Waals surface area contributed by atoms with Crippen LogP contribution in [0.2, 0.25) is 0 Å². The van der Waals surface area contributed by atoms with Crippen molar-refractivity contribution in [3.63, 3.8) is 0 Å². The zero-order chi connectivity index (χ0) is 11.4. The molecule has 0 aliphatic carbocycles. The molecule has 2 rings (SSSR count). The van der Waals surface area contributed by atoms with Crippen molar-refractivity contribution in [1.82, 2.24) is 9.97 Å². The number of benzene rings is 1. The first-order valence-electron chi connectivity index (χ1n) is 4.98. The Balaban J connectivity index is 1.99. The Labute approximate surface area is 108 Å². The Morgan fingerprint density at radius 2 is 1.88 bits per heavy atom. The highest BCUT2D eigenvalue weighted by Crippen LogP contribution is 2.12. The van der Waals surface area contributed by atoms with Gasteiger partial charge in [0.15, 0.2) is 0 Å². The lowest BCUT2D eigenvalue weighted by atomic mass is 10.1. The van der Waals surface area contributed by atoms with Gasteiger partial charge in [-0.2, -0.15) is 0 Å². The number of halogens is 1. The minimum atomic E-state index is 0.307. The van der Waals surface area contributed by atoms with Gasteiger partial charge in [-0.1, -0.05) is 12.1 Å². The van der Waals surface area contributed by atoms with Crippen molar-refractivity contribution < 1.29 is 5.11 Å². The van der Waals surface area contributed by atoms with E-state index in [4.69, 9.17) is 0 Å². The van der Waals surface area contributed by atoms with Crippen LogP contribution in [-0.2, 0) is 12.8 Å². The van der Waals surface area contributed by atoms with Crippen LogP contribution in [0, 0.1) is 3.57 Å². The van der Waals surface area contributed by atoms with Gasteiger partial charge in [0, 0.05) is 22.4 Å². The Hall–Kier alpha value is -1.17. The highest BCUT2D eigenvalue weighted by molar-refractivity contribution is 14.1. The number of aromatic nitrogens is 2. The number of hydrogen-bond donors (Lipinski definition) is 1. The molecule has 0 bridgehead atoms. The fourth-order valence-electron chi connectivity index (χ4n) is 1.44. The van der Waals surface area contributed by atoms with Gasteiger partial charge < -0.3 is 5.11 Å². The van der Waals surface area contributed by atoms with Gasteiger partial charge in [0.2, 0.25) is 0 Å². The zero-order valence-electron chi connectivity index (χ0n) is 8.60. The fourth-order valence-corrected chi connectivity index (χ4v) is 1.71. The predicted molar refractivity (Wildman–Crippen MR) is 70.3 cm³/mol. The number of nitrogens with zero attached hydrogens (tertiary/aromatic N) is 2. The second-order valence-electron chi connectivity index (χ2n) is 3.49. The first-order chi connectivity index (χ1) is 7.74. The zero-order valence-corrected chi connectivity index (χ0v) is 10.8. The molecule has 1 heterocycles. The number of phenolic OH excluding ortho intramolecular Hbond substituents is 1. The van der Waals surface area contributed by atoms with E-state index < -0.39 is 0 Å². The Morgan fingerprint density at radius 3 is 2.56 bits per heavy atom. The highest BCUT2D eigenvalue weighted by Gasteiger charge is 1.99. The van der Waals surface area contributed by atoms with E-state index in [0.29, 0.717) is 5.75 Å². The van der Waals surface area contributed by atoms with Gasteiger partial charge in [0.1, 0.15) is 11.6 Å². The lowest BCUT2D eigenvalue weighted by molar-refractivity contribution is 0.474. The molecule has 0 saturated heterocycles. The topological polar surface area (TPSA) is 46.0 Å². The number of aromatic hydroxyl groups is 1. The molecule has 0 radical (unpaired) electrons. The molecule has 0 unspecified atom stereocenters. The molecule has 1 N–H and O–H groups in total. The average Bonchev–Trinajstić information content (AvgIpc) is 2.28. The van der Waals surface area contributed by atoms with Gasteiger partial charge in [0.05, 0.1) is 0 Å². The highest BCUT2D eigenvalue weighted by atomic mass is 127. The number of aryl methyl sites for hydroxylation is 2. The molecule has 0 saturated carbocycles. The monoisotopic (exact) mass is 326 g/mol. The van der Waals surface area contributed by atoms with Crippen molar-refractivity contribution in [2.45, 2.75) is 12.8 Å². The van der Waals surface area contributed by atoms with Crippen molar-refractivity contribution in [2.75, 3.05) is 0 Å². The normalized spacial score (nSPS) is 10.3. The number of rotatable bonds is 3. The van der Waals surface area contributed by atoms with Gasteiger partial charge >= 0.3 is 0 Å². The second kappa shape index (κ2) is 5.25. The van der Waals surface area contributed by atoms with Crippen molar-refractivity contribution in [2.24, 2.45) is 0 Å². The van der Waals surface area contributed by atoms with Crippen LogP contribution < -0.4 is 0 Å². The summed E-state index contributed by atoms with van der Waals surface area (Å²) < 4.78 is 1.04. The summed E-state index contributed by atoms with van der Waals surface area (Å²) in [5.41, 5.74) is 1.10.